The maximum atomic E-state index is 12.5. The van der Waals surface area contributed by atoms with Crippen LogP contribution in [0.5, 0.6) is 0 Å². The molecule has 0 saturated heterocycles. The number of amidine groups is 1. The zero-order chi connectivity index (χ0) is 15.3. The SMILES string of the molecule is CN(CCC(N)=NO)C(=O)C1CCC(C(F)(F)F)CC1. The van der Waals surface area contributed by atoms with Crippen molar-refractivity contribution in [3.05, 3.63) is 0 Å². The lowest BCUT2D eigenvalue weighted by molar-refractivity contribution is -0.185. The van der Waals surface area contributed by atoms with E-state index in [9.17, 15) is 18.0 Å². The van der Waals surface area contributed by atoms with Crippen LogP contribution < -0.4 is 5.73 Å². The molecule has 0 radical (unpaired) electrons. The smallest absolute Gasteiger partial charge is 0.391 e. The van der Waals surface area contributed by atoms with Crippen molar-refractivity contribution in [2.45, 2.75) is 38.3 Å². The molecule has 3 N–H and O–H groups in total. The molecule has 0 unspecified atom stereocenters. The Labute approximate surface area is 115 Å². The number of hydrogen-bond acceptors (Lipinski definition) is 3. The molecule has 0 bridgehead atoms. The second-order valence-corrected chi connectivity index (χ2v) is 5.19. The molecular weight excluding hydrogens is 275 g/mol. The van der Waals surface area contributed by atoms with Crippen molar-refractivity contribution < 1.29 is 23.2 Å². The van der Waals surface area contributed by atoms with E-state index in [-0.39, 0.29) is 56.3 Å². The summed E-state index contributed by atoms with van der Waals surface area (Å²) < 4.78 is 37.6. The fourth-order valence-electron chi connectivity index (χ4n) is 2.42. The molecule has 0 aromatic carbocycles. The van der Waals surface area contributed by atoms with Crippen LogP contribution >= 0.6 is 0 Å². The summed E-state index contributed by atoms with van der Waals surface area (Å²) in [5.41, 5.74) is 5.30. The Morgan fingerprint density at radius 3 is 2.35 bits per heavy atom. The largest absolute Gasteiger partial charge is 0.409 e. The van der Waals surface area contributed by atoms with Gasteiger partial charge in [0.2, 0.25) is 5.91 Å². The first-order valence-electron chi connectivity index (χ1n) is 6.53. The van der Waals surface area contributed by atoms with Crippen LogP contribution in [0, 0.1) is 11.8 Å². The number of nitrogens with two attached hydrogens (primary N) is 1. The van der Waals surface area contributed by atoms with Crippen molar-refractivity contribution in [1.29, 1.82) is 0 Å². The van der Waals surface area contributed by atoms with Crippen LogP contribution in [0.3, 0.4) is 0 Å². The maximum absolute atomic E-state index is 12.5. The molecule has 1 fully saturated rings. The molecule has 1 aliphatic carbocycles. The van der Waals surface area contributed by atoms with Gasteiger partial charge >= 0.3 is 6.18 Å². The third-order valence-electron chi connectivity index (χ3n) is 3.75. The lowest BCUT2D eigenvalue weighted by Gasteiger charge is -2.31. The molecule has 116 valence electrons. The van der Waals surface area contributed by atoms with Gasteiger partial charge in [-0.15, -0.1) is 0 Å². The molecule has 0 aromatic rings. The highest BCUT2D eigenvalue weighted by atomic mass is 19.4. The highest BCUT2D eigenvalue weighted by Gasteiger charge is 2.42. The first kappa shape index (κ1) is 16.6. The predicted octanol–water partition coefficient (Wildman–Crippen LogP) is 1.95. The predicted molar refractivity (Wildman–Crippen MR) is 67.2 cm³/mol. The van der Waals surface area contributed by atoms with Crippen molar-refractivity contribution >= 4 is 11.7 Å². The topological polar surface area (TPSA) is 78.9 Å². The van der Waals surface area contributed by atoms with E-state index < -0.39 is 12.1 Å². The number of nitrogens with zero attached hydrogens (tertiary/aromatic N) is 2. The van der Waals surface area contributed by atoms with E-state index in [2.05, 4.69) is 5.16 Å². The van der Waals surface area contributed by atoms with Gasteiger partial charge in [-0.25, -0.2) is 0 Å². The van der Waals surface area contributed by atoms with Gasteiger partial charge in [-0.2, -0.15) is 13.2 Å². The van der Waals surface area contributed by atoms with Gasteiger partial charge in [-0.05, 0) is 25.7 Å². The zero-order valence-electron chi connectivity index (χ0n) is 11.4. The summed E-state index contributed by atoms with van der Waals surface area (Å²) in [6.45, 7) is 0.286. The number of hydrogen-bond donors (Lipinski definition) is 2. The molecule has 0 spiro atoms. The van der Waals surface area contributed by atoms with Crippen molar-refractivity contribution in [3.8, 4) is 0 Å². The summed E-state index contributed by atoms with van der Waals surface area (Å²) >= 11 is 0. The quantitative estimate of drug-likeness (QED) is 0.360. The second-order valence-electron chi connectivity index (χ2n) is 5.19. The van der Waals surface area contributed by atoms with Crippen LogP contribution in [0.2, 0.25) is 0 Å². The minimum atomic E-state index is -4.16. The molecule has 8 heteroatoms. The van der Waals surface area contributed by atoms with Gasteiger partial charge in [0.25, 0.3) is 0 Å². The van der Waals surface area contributed by atoms with E-state index in [1.165, 1.54) is 4.90 Å². The number of oxime groups is 1. The number of amides is 1. The monoisotopic (exact) mass is 295 g/mol. The lowest BCUT2D eigenvalue weighted by Crippen LogP contribution is -2.38. The van der Waals surface area contributed by atoms with E-state index in [1.54, 1.807) is 7.05 Å². The number of carbonyl (C=O) groups is 1. The third kappa shape index (κ3) is 4.57. The molecule has 20 heavy (non-hydrogen) atoms. The van der Waals surface area contributed by atoms with Gasteiger partial charge < -0.3 is 15.8 Å². The summed E-state index contributed by atoms with van der Waals surface area (Å²) in [5, 5.41) is 11.2. The van der Waals surface area contributed by atoms with Crippen molar-refractivity contribution in [1.82, 2.24) is 4.90 Å². The summed E-state index contributed by atoms with van der Waals surface area (Å²) in [6.07, 6.45) is -3.39. The Hall–Kier alpha value is -1.47. The van der Waals surface area contributed by atoms with Crippen molar-refractivity contribution in [2.75, 3.05) is 13.6 Å². The molecule has 1 amide bonds. The lowest BCUT2D eigenvalue weighted by atomic mass is 9.81. The van der Waals surface area contributed by atoms with Crippen LogP contribution in [0.1, 0.15) is 32.1 Å². The molecular formula is C12H20F3N3O2. The van der Waals surface area contributed by atoms with Gasteiger partial charge in [0, 0.05) is 25.9 Å². The molecule has 1 rings (SSSR count). The third-order valence-corrected chi connectivity index (χ3v) is 3.75. The fraction of sp³-hybridized carbons (Fsp3) is 0.833. The van der Waals surface area contributed by atoms with Crippen LogP contribution in [0.4, 0.5) is 13.2 Å². The van der Waals surface area contributed by atoms with Crippen molar-refractivity contribution in [3.63, 3.8) is 0 Å². The molecule has 0 aliphatic heterocycles. The second kappa shape index (κ2) is 6.81. The van der Waals surface area contributed by atoms with E-state index in [0.29, 0.717) is 0 Å². The Bertz CT molecular complexity index is 363. The summed E-state index contributed by atoms with van der Waals surface area (Å²) in [7, 11) is 1.57. The summed E-state index contributed by atoms with van der Waals surface area (Å²) in [6, 6.07) is 0. The van der Waals surface area contributed by atoms with E-state index in [0.717, 1.165) is 0 Å². The normalized spacial score (nSPS) is 24.5. The number of carbonyl (C=O) groups excluding carboxylic acids is 1. The number of alkyl halides is 3. The Morgan fingerprint density at radius 1 is 1.35 bits per heavy atom. The summed E-state index contributed by atoms with van der Waals surface area (Å²) in [5.74, 6) is -1.79. The van der Waals surface area contributed by atoms with Gasteiger partial charge in [-0.1, -0.05) is 5.16 Å². The average molecular weight is 295 g/mol. The number of halogens is 3. The van der Waals surface area contributed by atoms with E-state index >= 15 is 0 Å². The Balaban J connectivity index is 2.42. The molecule has 0 heterocycles. The molecule has 0 aromatic heterocycles. The van der Waals surface area contributed by atoms with E-state index in [4.69, 9.17) is 10.9 Å². The fourth-order valence-corrected chi connectivity index (χ4v) is 2.42. The van der Waals surface area contributed by atoms with Crippen LogP contribution in [0.15, 0.2) is 5.16 Å². The van der Waals surface area contributed by atoms with Crippen molar-refractivity contribution in [2.24, 2.45) is 22.7 Å². The minimum absolute atomic E-state index is 0.00792. The first-order valence-corrected chi connectivity index (χ1v) is 6.53. The maximum Gasteiger partial charge on any atom is 0.391 e. The molecule has 5 nitrogen and oxygen atoms in total. The average Bonchev–Trinajstić information content (AvgIpc) is 2.42. The Kier molecular flexibility index (Phi) is 5.64. The minimum Gasteiger partial charge on any atom is -0.409 e. The van der Waals surface area contributed by atoms with Gasteiger partial charge in [0.15, 0.2) is 0 Å². The molecule has 0 atom stereocenters. The van der Waals surface area contributed by atoms with Gasteiger partial charge in [-0.3, -0.25) is 4.79 Å². The first-order chi connectivity index (χ1) is 9.25. The standard InChI is InChI=1S/C12H20F3N3O2/c1-18(7-6-10(16)17-20)11(19)8-2-4-9(5-3-8)12(13,14)15/h8-9,20H,2-7H2,1H3,(H2,16,17). The molecule has 1 aliphatic rings. The highest BCUT2D eigenvalue weighted by molar-refractivity contribution is 5.82. The van der Waals surface area contributed by atoms with Crippen LogP contribution in [0.25, 0.3) is 0 Å². The summed E-state index contributed by atoms with van der Waals surface area (Å²) in [4.78, 5) is 13.5. The zero-order valence-corrected chi connectivity index (χ0v) is 11.4. The van der Waals surface area contributed by atoms with Gasteiger partial charge in [0.1, 0.15) is 5.84 Å². The van der Waals surface area contributed by atoms with Crippen LogP contribution in [-0.2, 0) is 4.79 Å². The van der Waals surface area contributed by atoms with E-state index in [1.807, 2.05) is 0 Å². The van der Waals surface area contributed by atoms with Crippen LogP contribution in [-0.4, -0.2) is 41.6 Å². The number of rotatable bonds is 4. The molecule has 1 saturated carbocycles. The highest BCUT2D eigenvalue weighted by Crippen LogP contribution is 2.39. The van der Waals surface area contributed by atoms with Gasteiger partial charge in [0.05, 0.1) is 5.92 Å². The Morgan fingerprint density at radius 2 is 1.90 bits per heavy atom.